The van der Waals surface area contributed by atoms with E-state index in [4.69, 9.17) is 9.84 Å². The van der Waals surface area contributed by atoms with E-state index in [1.54, 1.807) is 0 Å². The molecule has 0 unspecified atom stereocenters. The van der Waals surface area contributed by atoms with Crippen molar-refractivity contribution in [3.8, 4) is 0 Å². The van der Waals surface area contributed by atoms with Gasteiger partial charge in [0.2, 0.25) is 0 Å². The van der Waals surface area contributed by atoms with Crippen LogP contribution >= 0.6 is 11.3 Å². The van der Waals surface area contributed by atoms with E-state index in [1.165, 1.54) is 11.3 Å². The minimum Gasteiger partial charge on any atom is -0.444 e. The zero-order chi connectivity index (χ0) is 13.6. The lowest BCUT2D eigenvalue weighted by Crippen LogP contribution is -2.32. The molecule has 1 rings (SSSR count). The van der Waals surface area contributed by atoms with Gasteiger partial charge in [-0.1, -0.05) is 12.2 Å². The third-order valence-corrected chi connectivity index (χ3v) is 2.91. The number of amides is 1. The van der Waals surface area contributed by atoms with Crippen LogP contribution in [0.1, 0.15) is 31.2 Å². The van der Waals surface area contributed by atoms with Crippen LogP contribution in [0.2, 0.25) is 0 Å². The van der Waals surface area contributed by atoms with Crippen molar-refractivity contribution in [2.24, 2.45) is 0 Å². The van der Waals surface area contributed by atoms with Crippen LogP contribution < -0.4 is 5.32 Å². The molecule has 0 radical (unpaired) electrons. The second-order valence-electron chi connectivity index (χ2n) is 4.74. The minimum atomic E-state index is -0.481. The van der Waals surface area contributed by atoms with Crippen LogP contribution in [0.25, 0.3) is 6.08 Å². The Hall–Kier alpha value is -1.33. The van der Waals surface area contributed by atoms with Gasteiger partial charge in [-0.05, 0) is 37.8 Å². The maximum atomic E-state index is 11.3. The molecule has 100 valence electrons. The minimum absolute atomic E-state index is 0.0385. The lowest BCUT2D eigenvalue weighted by atomic mass is 10.2. The Morgan fingerprint density at radius 1 is 1.56 bits per heavy atom. The molecule has 0 atom stereocenters. The summed E-state index contributed by atoms with van der Waals surface area (Å²) in [7, 11) is 0. The van der Waals surface area contributed by atoms with Gasteiger partial charge in [0, 0.05) is 11.4 Å². The number of nitrogens with one attached hydrogen (secondary N) is 1. The second-order valence-corrected chi connectivity index (χ2v) is 5.74. The Morgan fingerprint density at radius 2 is 2.28 bits per heavy atom. The molecule has 0 fully saturated rings. The molecule has 1 aromatic heterocycles. The van der Waals surface area contributed by atoms with Crippen molar-refractivity contribution in [1.82, 2.24) is 5.32 Å². The van der Waals surface area contributed by atoms with Crippen molar-refractivity contribution in [2.75, 3.05) is 6.54 Å². The zero-order valence-electron chi connectivity index (χ0n) is 10.9. The van der Waals surface area contributed by atoms with Crippen molar-refractivity contribution in [3.05, 3.63) is 28.0 Å². The summed E-state index contributed by atoms with van der Waals surface area (Å²) in [4.78, 5) is 12.3. The lowest BCUT2D eigenvalue weighted by Gasteiger charge is -2.19. The van der Waals surface area contributed by atoms with Crippen molar-refractivity contribution in [2.45, 2.75) is 33.0 Å². The number of aliphatic hydroxyl groups is 1. The Morgan fingerprint density at radius 3 is 2.89 bits per heavy atom. The fraction of sp³-hybridized carbons (Fsp3) is 0.462. The molecular formula is C13H19NO3S. The molecule has 0 aliphatic carbocycles. The van der Waals surface area contributed by atoms with E-state index in [9.17, 15) is 4.79 Å². The van der Waals surface area contributed by atoms with Gasteiger partial charge in [-0.25, -0.2) is 4.79 Å². The number of hydrogen-bond acceptors (Lipinski definition) is 4. The van der Waals surface area contributed by atoms with Crippen molar-refractivity contribution in [1.29, 1.82) is 0 Å². The number of carbonyl (C=O) groups excluding carboxylic acids is 1. The van der Waals surface area contributed by atoms with Gasteiger partial charge in [0.05, 0.1) is 6.61 Å². The Kier molecular flexibility index (Phi) is 5.37. The van der Waals surface area contributed by atoms with E-state index >= 15 is 0 Å². The van der Waals surface area contributed by atoms with E-state index < -0.39 is 11.7 Å². The van der Waals surface area contributed by atoms with Gasteiger partial charge in [-0.2, -0.15) is 0 Å². The molecule has 0 aliphatic heterocycles. The van der Waals surface area contributed by atoms with E-state index in [-0.39, 0.29) is 6.61 Å². The van der Waals surface area contributed by atoms with Crippen LogP contribution in [-0.2, 0) is 11.3 Å². The number of ether oxygens (including phenoxy) is 1. The highest BCUT2D eigenvalue weighted by Crippen LogP contribution is 2.17. The fourth-order valence-corrected chi connectivity index (χ4v) is 2.00. The molecule has 1 amide bonds. The van der Waals surface area contributed by atoms with Gasteiger partial charge in [-0.3, -0.25) is 0 Å². The van der Waals surface area contributed by atoms with Crippen molar-refractivity contribution < 1.29 is 14.6 Å². The Balaban J connectivity index is 2.36. The first kappa shape index (κ1) is 14.7. The Labute approximate surface area is 111 Å². The standard InChI is InChI=1S/C13H19NO3S/c1-13(2,3)17-12(16)14-7-4-5-10-6-8-18-11(10)9-15/h4-6,8,15H,7,9H2,1-3H3,(H,14,16). The molecule has 0 aromatic carbocycles. The highest BCUT2D eigenvalue weighted by atomic mass is 32.1. The van der Waals surface area contributed by atoms with Crippen LogP contribution in [-0.4, -0.2) is 23.3 Å². The fourth-order valence-electron chi connectivity index (χ4n) is 1.27. The maximum Gasteiger partial charge on any atom is 0.407 e. The average Bonchev–Trinajstić information content (AvgIpc) is 2.69. The quantitative estimate of drug-likeness (QED) is 0.883. The zero-order valence-corrected chi connectivity index (χ0v) is 11.7. The van der Waals surface area contributed by atoms with Gasteiger partial charge in [-0.15, -0.1) is 11.3 Å². The largest absolute Gasteiger partial charge is 0.444 e. The molecule has 4 nitrogen and oxygen atoms in total. The molecule has 0 saturated carbocycles. The normalized spacial score (nSPS) is 11.8. The van der Waals surface area contributed by atoms with E-state index in [1.807, 2.05) is 44.4 Å². The summed E-state index contributed by atoms with van der Waals surface area (Å²) >= 11 is 1.51. The molecular weight excluding hydrogens is 250 g/mol. The van der Waals surface area contributed by atoms with Crippen LogP contribution in [0.5, 0.6) is 0 Å². The van der Waals surface area contributed by atoms with Gasteiger partial charge in [0.1, 0.15) is 5.60 Å². The van der Waals surface area contributed by atoms with Crippen LogP contribution in [0.3, 0.4) is 0 Å². The van der Waals surface area contributed by atoms with Crippen LogP contribution in [0.4, 0.5) is 4.79 Å². The van der Waals surface area contributed by atoms with Gasteiger partial charge < -0.3 is 15.2 Å². The SMILES string of the molecule is CC(C)(C)OC(=O)NCC=Cc1ccsc1CO. The summed E-state index contributed by atoms with van der Waals surface area (Å²) in [5.41, 5.74) is 0.499. The summed E-state index contributed by atoms with van der Waals surface area (Å²) in [5, 5.41) is 13.6. The number of rotatable bonds is 4. The summed E-state index contributed by atoms with van der Waals surface area (Å²) in [6, 6.07) is 1.93. The van der Waals surface area contributed by atoms with Crippen LogP contribution in [0, 0.1) is 0 Å². The van der Waals surface area contributed by atoms with E-state index in [0.29, 0.717) is 6.54 Å². The number of thiophene rings is 1. The first-order valence-corrected chi connectivity index (χ1v) is 6.61. The molecule has 5 heteroatoms. The smallest absolute Gasteiger partial charge is 0.407 e. The highest BCUT2D eigenvalue weighted by Gasteiger charge is 2.14. The topological polar surface area (TPSA) is 58.6 Å². The molecule has 0 spiro atoms. The number of hydrogen-bond donors (Lipinski definition) is 2. The molecule has 2 N–H and O–H groups in total. The van der Waals surface area contributed by atoms with E-state index in [2.05, 4.69) is 5.32 Å². The maximum absolute atomic E-state index is 11.3. The average molecular weight is 269 g/mol. The van der Waals surface area contributed by atoms with Crippen molar-refractivity contribution in [3.63, 3.8) is 0 Å². The van der Waals surface area contributed by atoms with Crippen LogP contribution in [0.15, 0.2) is 17.5 Å². The summed E-state index contributed by atoms with van der Waals surface area (Å²) in [6.07, 6.45) is 3.27. The Bertz CT molecular complexity index is 418. The molecule has 0 bridgehead atoms. The molecule has 1 aromatic rings. The molecule has 1 heterocycles. The predicted octanol–water partition coefficient (Wildman–Crippen LogP) is 2.78. The number of aliphatic hydroxyl groups excluding tert-OH is 1. The van der Waals surface area contributed by atoms with Gasteiger partial charge in [0.25, 0.3) is 0 Å². The van der Waals surface area contributed by atoms with Gasteiger partial charge >= 0.3 is 6.09 Å². The lowest BCUT2D eigenvalue weighted by molar-refractivity contribution is 0.0534. The molecule has 18 heavy (non-hydrogen) atoms. The number of alkyl carbamates (subject to hydrolysis) is 1. The summed E-state index contributed by atoms with van der Waals surface area (Å²) in [6.45, 7) is 5.90. The van der Waals surface area contributed by atoms with Crippen molar-refractivity contribution >= 4 is 23.5 Å². The first-order valence-electron chi connectivity index (χ1n) is 5.73. The second kappa shape index (κ2) is 6.56. The van der Waals surface area contributed by atoms with Gasteiger partial charge in [0.15, 0.2) is 0 Å². The monoisotopic (exact) mass is 269 g/mol. The first-order chi connectivity index (χ1) is 8.42. The molecule has 0 aliphatic rings. The molecule has 0 saturated heterocycles. The highest BCUT2D eigenvalue weighted by molar-refractivity contribution is 7.10. The summed E-state index contributed by atoms with van der Waals surface area (Å²) in [5.74, 6) is 0. The summed E-state index contributed by atoms with van der Waals surface area (Å²) < 4.78 is 5.10. The third-order valence-electron chi connectivity index (χ3n) is 1.98. The predicted molar refractivity (Wildman–Crippen MR) is 73.5 cm³/mol. The van der Waals surface area contributed by atoms with E-state index in [0.717, 1.165) is 10.4 Å². The third kappa shape index (κ3) is 5.33. The number of carbonyl (C=O) groups is 1.